The first kappa shape index (κ1) is 28.3. The first-order valence-electron chi connectivity index (χ1n) is 12.9. The van der Waals surface area contributed by atoms with Crippen LogP contribution in [-0.2, 0) is 19.7 Å². The van der Waals surface area contributed by atoms with Crippen LogP contribution in [0.1, 0.15) is 70.2 Å². The zero-order valence-electron chi connectivity index (χ0n) is 22.8. The Morgan fingerprint density at radius 1 is 1.03 bits per heavy atom. The van der Waals surface area contributed by atoms with Crippen molar-refractivity contribution in [2.45, 2.75) is 58.9 Å². The fraction of sp³-hybridized carbons (Fsp3) is 0.467. The average Bonchev–Trinajstić information content (AvgIpc) is 3.12. The van der Waals surface area contributed by atoms with Crippen LogP contribution in [0.25, 0.3) is 5.76 Å². The van der Waals surface area contributed by atoms with E-state index in [4.69, 9.17) is 14.2 Å². The zero-order chi connectivity index (χ0) is 27.2. The van der Waals surface area contributed by atoms with Gasteiger partial charge < -0.3 is 24.2 Å². The maximum atomic E-state index is 13.4. The van der Waals surface area contributed by atoms with Crippen molar-refractivity contribution in [1.29, 1.82) is 0 Å². The smallest absolute Gasteiger partial charge is 0.295 e. The largest absolute Gasteiger partial charge is 0.507 e. The van der Waals surface area contributed by atoms with Gasteiger partial charge in [-0.1, -0.05) is 39.8 Å². The molecule has 0 bridgehead atoms. The van der Waals surface area contributed by atoms with Gasteiger partial charge in [-0.2, -0.15) is 0 Å². The molecule has 200 valence electrons. The minimum Gasteiger partial charge on any atom is -0.507 e. The summed E-state index contributed by atoms with van der Waals surface area (Å²) in [5.41, 5.74) is 1.87. The molecule has 1 heterocycles. The molecule has 2 aromatic carbocycles. The number of nitrogens with zero attached hydrogens (tertiary/aromatic N) is 1. The van der Waals surface area contributed by atoms with E-state index in [2.05, 4.69) is 20.8 Å². The van der Waals surface area contributed by atoms with E-state index in [-0.39, 0.29) is 16.7 Å². The van der Waals surface area contributed by atoms with Crippen molar-refractivity contribution in [3.8, 4) is 11.5 Å². The number of carbonyl (C=O) groups is 2. The summed E-state index contributed by atoms with van der Waals surface area (Å²) in [6.45, 7) is 12.0. The van der Waals surface area contributed by atoms with Crippen molar-refractivity contribution in [2.75, 3.05) is 33.5 Å². The van der Waals surface area contributed by atoms with E-state index in [0.717, 1.165) is 17.7 Å². The van der Waals surface area contributed by atoms with E-state index in [0.29, 0.717) is 49.7 Å². The van der Waals surface area contributed by atoms with E-state index >= 15 is 0 Å². The summed E-state index contributed by atoms with van der Waals surface area (Å²) < 4.78 is 16.8. The molecule has 7 heteroatoms. The zero-order valence-corrected chi connectivity index (χ0v) is 22.8. The number of Topliss-reactive ketones (excluding diaryl/α,β-unsaturated/α-hetero) is 1. The van der Waals surface area contributed by atoms with Gasteiger partial charge in [0, 0.05) is 31.4 Å². The van der Waals surface area contributed by atoms with Gasteiger partial charge in [0.15, 0.2) is 0 Å². The van der Waals surface area contributed by atoms with Crippen molar-refractivity contribution >= 4 is 17.4 Å². The highest BCUT2D eigenvalue weighted by Gasteiger charge is 2.46. The molecule has 1 fully saturated rings. The topological polar surface area (TPSA) is 85.3 Å². The third-order valence-electron chi connectivity index (χ3n) is 6.29. The average molecular weight is 510 g/mol. The Bertz CT molecular complexity index is 1150. The van der Waals surface area contributed by atoms with Crippen LogP contribution in [0.5, 0.6) is 11.5 Å². The molecular weight excluding hydrogens is 470 g/mol. The minimum atomic E-state index is -0.744. The lowest BCUT2D eigenvalue weighted by molar-refractivity contribution is -0.140. The van der Waals surface area contributed by atoms with Crippen LogP contribution in [0.3, 0.4) is 0 Å². The number of rotatable bonds is 11. The fourth-order valence-electron chi connectivity index (χ4n) is 4.53. The van der Waals surface area contributed by atoms with Gasteiger partial charge in [-0.05, 0) is 61.1 Å². The number of ether oxygens (including phenoxy) is 3. The van der Waals surface area contributed by atoms with Crippen LogP contribution in [-0.4, -0.2) is 55.2 Å². The normalized spacial score (nSPS) is 17.4. The van der Waals surface area contributed by atoms with Gasteiger partial charge in [-0.25, -0.2) is 0 Å². The lowest BCUT2D eigenvalue weighted by atomic mass is 9.84. The molecular formula is C30H39NO6. The van der Waals surface area contributed by atoms with E-state index in [1.54, 1.807) is 13.2 Å². The molecule has 0 aliphatic carbocycles. The molecule has 1 amide bonds. The molecule has 37 heavy (non-hydrogen) atoms. The number of aliphatic hydroxyl groups excluding tert-OH is 1. The van der Waals surface area contributed by atoms with Crippen LogP contribution in [0, 0.1) is 0 Å². The molecule has 1 N–H and O–H groups in total. The first-order valence-corrected chi connectivity index (χ1v) is 12.9. The lowest BCUT2D eigenvalue weighted by Gasteiger charge is -2.26. The number of aliphatic hydroxyl groups is 1. The second-order valence-electron chi connectivity index (χ2n) is 10.2. The van der Waals surface area contributed by atoms with Crippen molar-refractivity contribution in [3.05, 3.63) is 64.7 Å². The summed E-state index contributed by atoms with van der Waals surface area (Å²) in [6.07, 6.45) is 1.41. The van der Waals surface area contributed by atoms with Gasteiger partial charge in [-0.15, -0.1) is 0 Å². The molecule has 3 rings (SSSR count). The summed E-state index contributed by atoms with van der Waals surface area (Å²) in [4.78, 5) is 28.1. The maximum Gasteiger partial charge on any atom is 0.295 e. The van der Waals surface area contributed by atoms with Gasteiger partial charge in [-0.3, -0.25) is 9.59 Å². The van der Waals surface area contributed by atoms with Crippen molar-refractivity contribution in [3.63, 3.8) is 0 Å². The monoisotopic (exact) mass is 509 g/mol. The van der Waals surface area contributed by atoms with E-state index < -0.39 is 17.7 Å². The molecule has 1 atom stereocenters. The summed E-state index contributed by atoms with van der Waals surface area (Å²) in [6, 6.07) is 12.0. The Morgan fingerprint density at radius 2 is 1.78 bits per heavy atom. The third kappa shape index (κ3) is 6.34. The second kappa shape index (κ2) is 12.3. The summed E-state index contributed by atoms with van der Waals surface area (Å²) in [5.74, 6) is -0.164. The molecule has 1 saturated heterocycles. The quantitative estimate of drug-likeness (QED) is 0.183. The van der Waals surface area contributed by atoms with Crippen LogP contribution >= 0.6 is 0 Å². The van der Waals surface area contributed by atoms with Crippen molar-refractivity contribution in [2.24, 2.45) is 0 Å². The number of hydrogen-bond acceptors (Lipinski definition) is 6. The Morgan fingerprint density at radius 3 is 2.43 bits per heavy atom. The van der Waals surface area contributed by atoms with E-state index in [9.17, 15) is 14.7 Å². The van der Waals surface area contributed by atoms with E-state index in [1.807, 2.05) is 50.2 Å². The van der Waals surface area contributed by atoms with Gasteiger partial charge in [0.2, 0.25) is 0 Å². The summed E-state index contributed by atoms with van der Waals surface area (Å²) >= 11 is 0. The molecule has 2 aromatic rings. The van der Waals surface area contributed by atoms with Crippen LogP contribution in [0.4, 0.5) is 0 Å². The summed E-state index contributed by atoms with van der Waals surface area (Å²) in [7, 11) is 1.60. The minimum absolute atomic E-state index is 0.0686. The van der Waals surface area contributed by atoms with Gasteiger partial charge in [0.1, 0.15) is 17.3 Å². The molecule has 1 unspecified atom stereocenters. The molecule has 0 spiro atoms. The number of benzene rings is 2. The Labute approximate surface area is 220 Å². The van der Waals surface area contributed by atoms with Crippen LogP contribution < -0.4 is 9.47 Å². The van der Waals surface area contributed by atoms with Gasteiger partial charge >= 0.3 is 0 Å². The number of amides is 1. The Hall–Kier alpha value is -3.32. The summed E-state index contributed by atoms with van der Waals surface area (Å²) in [5, 5.41) is 11.5. The standard InChI is InChI=1S/C30H39NO6/c1-7-16-37-22-12-9-11-20(18-22)26-25(28(33)29(34)31(26)15-10-17-35-6)27(32)21-13-14-24(36-8-2)23(19-21)30(3,4)5/h9,11-14,18-19,26,32H,7-8,10,15-17H2,1-6H3/b27-25+. The Kier molecular flexibility index (Phi) is 9.38. The van der Waals surface area contributed by atoms with E-state index in [1.165, 1.54) is 4.90 Å². The Balaban J connectivity index is 2.17. The van der Waals surface area contributed by atoms with Gasteiger partial charge in [0.05, 0.1) is 24.8 Å². The highest BCUT2D eigenvalue weighted by Crippen LogP contribution is 2.41. The second-order valence-corrected chi connectivity index (χ2v) is 10.2. The molecule has 0 aromatic heterocycles. The highest BCUT2D eigenvalue weighted by molar-refractivity contribution is 6.46. The fourth-order valence-corrected chi connectivity index (χ4v) is 4.53. The number of hydrogen-bond donors (Lipinski definition) is 1. The van der Waals surface area contributed by atoms with Crippen molar-refractivity contribution in [1.82, 2.24) is 4.90 Å². The van der Waals surface area contributed by atoms with Crippen LogP contribution in [0.2, 0.25) is 0 Å². The molecule has 0 saturated carbocycles. The predicted molar refractivity (Wildman–Crippen MR) is 144 cm³/mol. The SMILES string of the molecule is CCCOc1cccc(C2/C(=C(\O)c3ccc(OCC)c(C(C)(C)C)c3)C(=O)C(=O)N2CCCOC)c1. The van der Waals surface area contributed by atoms with Crippen LogP contribution in [0.15, 0.2) is 48.0 Å². The number of likely N-dealkylation sites (tertiary alicyclic amines) is 1. The highest BCUT2D eigenvalue weighted by atomic mass is 16.5. The number of ketones is 1. The molecule has 0 radical (unpaired) electrons. The third-order valence-corrected chi connectivity index (χ3v) is 6.29. The molecule has 7 nitrogen and oxygen atoms in total. The molecule has 1 aliphatic heterocycles. The lowest BCUT2D eigenvalue weighted by Crippen LogP contribution is -2.31. The van der Waals surface area contributed by atoms with Crippen molar-refractivity contribution < 1.29 is 28.9 Å². The van der Waals surface area contributed by atoms with Gasteiger partial charge in [0.25, 0.3) is 11.7 Å². The number of carbonyl (C=O) groups excluding carboxylic acids is 2. The maximum absolute atomic E-state index is 13.4. The molecule has 1 aliphatic rings. The predicted octanol–water partition coefficient (Wildman–Crippen LogP) is 5.63. The first-order chi connectivity index (χ1) is 17.6. The number of methoxy groups -OCH3 is 1.